The number of hydrogen-bond acceptors (Lipinski definition) is 1. The van der Waals surface area contributed by atoms with E-state index in [9.17, 15) is 9.18 Å². The van der Waals surface area contributed by atoms with Gasteiger partial charge in [-0.2, -0.15) is 0 Å². The molecule has 1 aromatic carbocycles. The zero-order chi connectivity index (χ0) is 12.0. The van der Waals surface area contributed by atoms with E-state index in [1.165, 1.54) is 12.1 Å². The first-order valence-electron chi connectivity index (χ1n) is 5.28. The minimum absolute atomic E-state index is 0.106. The number of carbonyl (C=O) groups is 1. The third-order valence-corrected chi connectivity index (χ3v) is 2.64. The molecule has 0 radical (unpaired) electrons. The molecule has 0 aliphatic rings. The predicted molar refractivity (Wildman–Crippen MR) is 66.4 cm³/mol. The van der Waals surface area contributed by atoms with E-state index in [2.05, 4.69) is 28.2 Å². The summed E-state index contributed by atoms with van der Waals surface area (Å²) in [5.74, 6) is -0.825. The van der Waals surface area contributed by atoms with Gasteiger partial charge in [-0.3, -0.25) is 4.79 Å². The van der Waals surface area contributed by atoms with Crippen molar-refractivity contribution in [2.24, 2.45) is 0 Å². The molecular weight excluding hydrogens is 273 g/mol. The Morgan fingerprint density at radius 2 is 2.19 bits per heavy atom. The van der Waals surface area contributed by atoms with Crippen LogP contribution in [0, 0.1) is 5.82 Å². The number of amides is 1. The SMILES string of the molecule is CC(Br)CCCNC(=O)c1ccccc1F. The van der Waals surface area contributed by atoms with E-state index < -0.39 is 5.82 Å². The number of benzene rings is 1. The van der Waals surface area contributed by atoms with Crippen molar-refractivity contribution in [3.63, 3.8) is 0 Å². The predicted octanol–water partition coefficient (Wildman–Crippen LogP) is 3.12. The summed E-state index contributed by atoms with van der Waals surface area (Å²) in [7, 11) is 0. The fourth-order valence-electron chi connectivity index (χ4n) is 1.33. The van der Waals surface area contributed by atoms with Gasteiger partial charge in [-0.15, -0.1) is 0 Å². The van der Waals surface area contributed by atoms with E-state index in [-0.39, 0.29) is 11.5 Å². The van der Waals surface area contributed by atoms with E-state index in [0.29, 0.717) is 11.4 Å². The lowest BCUT2D eigenvalue weighted by Crippen LogP contribution is -2.25. The molecular formula is C12H15BrFNO. The van der Waals surface area contributed by atoms with Crippen molar-refractivity contribution < 1.29 is 9.18 Å². The fourth-order valence-corrected chi connectivity index (χ4v) is 1.65. The highest BCUT2D eigenvalue weighted by Gasteiger charge is 2.09. The average molecular weight is 288 g/mol. The van der Waals surface area contributed by atoms with Gasteiger partial charge in [0.25, 0.3) is 5.91 Å². The molecule has 0 aliphatic heterocycles. The standard InChI is InChI=1S/C12H15BrFNO/c1-9(13)5-4-8-15-12(16)10-6-2-3-7-11(10)14/h2-3,6-7,9H,4-5,8H2,1H3,(H,15,16). The molecule has 0 heterocycles. The number of halogens is 2. The second kappa shape index (κ2) is 6.63. The first-order chi connectivity index (χ1) is 7.61. The highest BCUT2D eigenvalue weighted by atomic mass is 79.9. The van der Waals surface area contributed by atoms with E-state index >= 15 is 0 Å². The van der Waals surface area contributed by atoms with Crippen LogP contribution in [-0.4, -0.2) is 17.3 Å². The molecule has 2 nitrogen and oxygen atoms in total. The summed E-state index contributed by atoms with van der Waals surface area (Å²) in [6.07, 6.45) is 1.87. The molecule has 0 bridgehead atoms. The van der Waals surface area contributed by atoms with Gasteiger partial charge in [0.05, 0.1) is 5.56 Å². The Morgan fingerprint density at radius 3 is 2.81 bits per heavy atom. The Labute approximate surface area is 103 Å². The molecule has 4 heteroatoms. The first kappa shape index (κ1) is 13.2. The van der Waals surface area contributed by atoms with Crippen molar-refractivity contribution in [3.8, 4) is 0 Å². The normalized spacial score (nSPS) is 12.2. The molecule has 88 valence electrons. The maximum absolute atomic E-state index is 13.2. The minimum Gasteiger partial charge on any atom is -0.352 e. The van der Waals surface area contributed by atoms with Gasteiger partial charge in [0.1, 0.15) is 5.82 Å². The number of rotatable bonds is 5. The highest BCUT2D eigenvalue weighted by molar-refractivity contribution is 9.09. The maximum atomic E-state index is 13.2. The fraction of sp³-hybridized carbons (Fsp3) is 0.417. The molecule has 0 fully saturated rings. The van der Waals surface area contributed by atoms with Crippen LogP contribution in [0.1, 0.15) is 30.1 Å². The van der Waals surface area contributed by atoms with E-state index in [1.807, 2.05) is 0 Å². The Bertz CT molecular complexity index is 355. The Kier molecular flexibility index (Phi) is 5.46. The van der Waals surface area contributed by atoms with Gasteiger partial charge in [0.2, 0.25) is 0 Å². The van der Waals surface area contributed by atoms with Crippen LogP contribution in [0.25, 0.3) is 0 Å². The summed E-state index contributed by atoms with van der Waals surface area (Å²) >= 11 is 3.43. The van der Waals surface area contributed by atoms with Crippen molar-refractivity contribution in [3.05, 3.63) is 35.6 Å². The number of hydrogen-bond donors (Lipinski definition) is 1. The smallest absolute Gasteiger partial charge is 0.254 e. The van der Waals surface area contributed by atoms with Crippen LogP contribution in [0.2, 0.25) is 0 Å². The molecule has 0 saturated carbocycles. The van der Waals surface area contributed by atoms with Gasteiger partial charge in [0.15, 0.2) is 0 Å². The topological polar surface area (TPSA) is 29.1 Å². The molecule has 1 atom stereocenters. The zero-order valence-electron chi connectivity index (χ0n) is 9.17. The molecule has 1 unspecified atom stereocenters. The average Bonchev–Trinajstić information content (AvgIpc) is 2.24. The minimum atomic E-state index is -0.478. The van der Waals surface area contributed by atoms with E-state index in [1.54, 1.807) is 12.1 Å². The molecule has 0 aliphatic carbocycles. The van der Waals surface area contributed by atoms with Crippen molar-refractivity contribution in [1.29, 1.82) is 0 Å². The third-order valence-electron chi connectivity index (χ3n) is 2.18. The second-order valence-corrected chi connectivity index (χ2v) is 5.22. The van der Waals surface area contributed by atoms with Crippen LogP contribution in [0.5, 0.6) is 0 Å². The molecule has 1 aromatic rings. The zero-order valence-corrected chi connectivity index (χ0v) is 10.8. The largest absolute Gasteiger partial charge is 0.352 e. The quantitative estimate of drug-likeness (QED) is 0.654. The maximum Gasteiger partial charge on any atom is 0.254 e. The van der Waals surface area contributed by atoms with Crippen molar-refractivity contribution >= 4 is 21.8 Å². The Balaban J connectivity index is 2.39. The summed E-state index contributed by atoms with van der Waals surface area (Å²) < 4.78 is 13.2. The Hall–Kier alpha value is -0.900. The number of alkyl halides is 1. The second-order valence-electron chi connectivity index (χ2n) is 3.66. The lowest BCUT2D eigenvalue weighted by molar-refractivity contribution is 0.0949. The van der Waals surface area contributed by atoms with Crippen molar-refractivity contribution in [2.45, 2.75) is 24.6 Å². The molecule has 16 heavy (non-hydrogen) atoms. The van der Waals surface area contributed by atoms with Crippen molar-refractivity contribution in [2.75, 3.05) is 6.54 Å². The van der Waals surface area contributed by atoms with Crippen molar-refractivity contribution in [1.82, 2.24) is 5.32 Å². The highest BCUT2D eigenvalue weighted by Crippen LogP contribution is 2.07. The van der Waals surface area contributed by atoms with Crippen LogP contribution in [-0.2, 0) is 0 Å². The van der Waals surface area contributed by atoms with Gasteiger partial charge in [-0.25, -0.2) is 4.39 Å². The van der Waals surface area contributed by atoms with Crippen LogP contribution >= 0.6 is 15.9 Å². The Morgan fingerprint density at radius 1 is 1.50 bits per heavy atom. The van der Waals surface area contributed by atoms with Gasteiger partial charge >= 0.3 is 0 Å². The van der Waals surface area contributed by atoms with E-state index in [4.69, 9.17) is 0 Å². The monoisotopic (exact) mass is 287 g/mol. The summed E-state index contributed by atoms with van der Waals surface area (Å²) in [6.45, 7) is 2.63. The molecule has 1 N–H and O–H groups in total. The summed E-state index contributed by atoms with van der Waals surface area (Å²) in [5, 5.41) is 2.70. The third kappa shape index (κ3) is 4.31. The summed E-state index contributed by atoms with van der Waals surface area (Å²) in [4.78, 5) is 12.0. The molecule has 1 amide bonds. The van der Waals surface area contributed by atoms with Crippen LogP contribution in [0.4, 0.5) is 4.39 Å². The van der Waals surface area contributed by atoms with Crippen LogP contribution < -0.4 is 5.32 Å². The molecule has 0 spiro atoms. The lowest BCUT2D eigenvalue weighted by atomic mass is 10.2. The summed E-state index contributed by atoms with van der Waals surface area (Å²) in [5.41, 5.74) is 0.106. The van der Waals surface area contributed by atoms with Gasteiger partial charge in [-0.1, -0.05) is 35.0 Å². The van der Waals surface area contributed by atoms with Crippen LogP contribution in [0.15, 0.2) is 24.3 Å². The lowest BCUT2D eigenvalue weighted by Gasteiger charge is -2.06. The van der Waals surface area contributed by atoms with Gasteiger partial charge < -0.3 is 5.32 Å². The van der Waals surface area contributed by atoms with Gasteiger partial charge in [-0.05, 0) is 25.0 Å². The van der Waals surface area contributed by atoms with Crippen LogP contribution in [0.3, 0.4) is 0 Å². The van der Waals surface area contributed by atoms with Gasteiger partial charge in [0, 0.05) is 11.4 Å². The number of carbonyl (C=O) groups excluding carboxylic acids is 1. The number of nitrogens with one attached hydrogen (secondary N) is 1. The van der Waals surface area contributed by atoms with E-state index in [0.717, 1.165) is 12.8 Å². The first-order valence-corrected chi connectivity index (χ1v) is 6.19. The molecule has 1 rings (SSSR count). The molecule has 0 saturated heterocycles. The summed E-state index contributed by atoms with van der Waals surface area (Å²) in [6, 6.07) is 5.99. The molecule has 0 aromatic heterocycles.